The van der Waals surface area contributed by atoms with Crippen LogP contribution in [0.15, 0.2) is 24.3 Å². The minimum absolute atomic E-state index is 0.0890. The van der Waals surface area contributed by atoms with Gasteiger partial charge in [-0.25, -0.2) is 4.39 Å². The molecule has 0 aliphatic carbocycles. The van der Waals surface area contributed by atoms with Gasteiger partial charge in [-0.3, -0.25) is 0 Å². The molecule has 0 bridgehead atoms. The predicted molar refractivity (Wildman–Crippen MR) is 55.6 cm³/mol. The molecule has 0 saturated carbocycles. The smallest absolute Gasteiger partial charge is 0.147 e. The van der Waals surface area contributed by atoms with E-state index in [4.69, 9.17) is 5.73 Å². The van der Waals surface area contributed by atoms with Gasteiger partial charge < -0.3 is 10.7 Å². The lowest BCUT2D eigenvalue weighted by molar-refractivity contribution is 0.636. The van der Waals surface area contributed by atoms with Gasteiger partial charge >= 0.3 is 0 Å². The Morgan fingerprint density at radius 3 is 2.93 bits per heavy atom. The van der Waals surface area contributed by atoms with Gasteiger partial charge in [0.05, 0.1) is 5.52 Å². The summed E-state index contributed by atoms with van der Waals surface area (Å²) in [6, 6.07) is 7.09. The van der Waals surface area contributed by atoms with Crippen LogP contribution in [0.1, 0.15) is 12.6 Å². The maximum Gasteiger partial charge on any atom is 0.147 e. The molecule has 1 heterocycles. The molecular weight excluding hydrogens is 179 g/mol. The first kappa shape index (κ1) is 9.21. The number of hydrogen-bond donors (Lipinski definition) is 2. The maximum atomic E-state index is 13.3. The van der Waals surface area contributed by atoms with Gasteiger partial charge in [0.1, 0.15) is 5.82 Å². The molecule has 3 N–H and O–H groups in total. The molecule has 0 aliphatic heterocycles. The van der Waals surface area contributed by atoms with Crippen molar-refractivity contribution in [1.29, 1.82) is 0 Å². The number of rotatable bonds is 2. The zero-order chi connectivity index (χ0) is 10.1. The van der Waals surface area contributed by atoms with Crippen molar-refractivity contribution < 1.29 is 4.39 Å². The van der Waals surface area contributed by atoms with Gasteiger partial charge in [-0.1, -0.05) is 12.1 Å². The standard InChI is InChI=1S/C11H13FN2/c1-7(13)5-9-6-8-3-2-4-10(12)11(8)14-9/h2-4,6-7,14H,5,13H2,1H3. The van der Waals surface area contributed by atoms with Crippen molar-refractivity contribution in [2.24, 2.45) is 5.73 Å². The third kappa shape index (κ3) is 1.63. The first-order chi connectivity index (χ1) is 6.66. The fourth-order valence-corrected chi connectivity index (χ4v) is 1.63. The summed E-state index contributed by atoms with van der Waals surface area (Å²) in [5.41, 5.74) is 7.23. The van der Waals surface area contributed by atoms with Crippen molar-refractivity contribution in [2.75, 3.05) is 0 Å². The Hall–Kier alpha value is -1.35. The van der Waals surface area contributed by atoms with Crippen LogP contribution in [0.2, 0.25) is 0 Å². The average molecular weight is 192 g/mol. The summed E-state index contributed by atoms with van der Waals surface area (Å²) >= 11 is 0. The van der Waals surface area contributed by atoms with Crippen LogP contribution in [0, 0.1) is 5.82 Å². The van der Waals surface area contributed by atoms with Crippen LogP contribution in [-0.2, 0) is 6.42 Å². The molecule has 2 nitrogen and oxygen atoms in total. The second kappa shape index (κ2) is 3.42. The lowest BCUT2D eigenvalue weighted by atomic mass is 10.2. The zero-order valence-corrected chi connectivity index (χ0v) is 8.05. The minimum atomic E-state index is -0.210. The highest BCUT2D eigenvalue weighted by Crippen LogP contribution is 2.18. The van der Waals surface area contributed by atoms with Gasteiger partial charge in [0, 0.05) is 23.5 Å². The molecule has 1 aromatic carbocycles. The average Bonchev–Trinajstić information content (AvgIpc) is 2.47. The molecule has 1 aromatic heterocycles. The Kier molecular flexibility index (Phi) is 2.25. The van der Waals surface area contributed by atoms with E-state index in [0.717, 1.165) is 17.5 Å². The number of halogens is 1. The number of hydrogen-bond acceptors (Lipinski definition) is 1. The SMILES string of the molecule is CC(N)Cc1cc2cccc(F)c2[nH]1. The first-order valence-corrected chi connectivity index (χ1v) is 4.68. The molecule has 0 radical (unpaired) electrons. The van der Waals surface area contributed by atoms with E-state index in [-0.39, 0.29) is 11.9 Å². The van der Waals surface area contributed by atoms with E-state index in [1.807, 2.05) is 19.1 Å². The van der Waals surface area contributed by atoms with Gasteiger partial charge in [-0.2, -0.15) is 0 Å². The van der Waals surface area contributed by atoms with E-state index < -0.39 is 0 Å². The van der Waals surface area contributed by atoms with Gasteiger partial charge in [-0.15, -0.1) is 0 Å². The fourth-order valence-electron chi connectivity index (χ4n) is 1.63. The molecule has 1 atom stereocenters. The normalized spacial score (nSPS) is 13.4. The van der Waals surface area contributed by atoms with E-state index >= 15 is 0 Å². The topological polar surface area (TPSA) is 41.8 Å². The molecule has 0 aliphatic rings. The summed E-state index contributed by atoms with van der Waals surface area (Å²) in [6.07, 6.45) is 0.744. The van der Waals surface area contributed by atoms with Crippen LogP contribution in [-0.4, -0.2) is 11.0 Å². The highest BCUT2D eigenvalue weighted by Gasteiger charge is 2.05. The Labute approximate surface area is 81.9 Å². The van der Waals surface area contributed by atoms with Gasteiger partial charge in [-0.05, 0) is 19.1 Å². The molecule has 0 spiro atoms. The van der Waals surface area contributed by atoms with Crippen LogP contribution in [0.3, 0.4) is 0 Å². The number of nitrogens with one attached hydrogen (secondary N) is 1. The molecule has 3 heteroatoms. The van der Waals surface area contributed by atoms with Crippen LogP contribution in [0.25, 0.3) is 10.9 Å². The second-order valence-electron chi connectivity index (χ2n) is 3.68. The van der Waals surface area contributed by atoms with Crippen molar-refractivity contribution in [2.45, 2.75) is 19.4 Å². The number of benzene rings is 1. The van der Waals surface area contributed by atoms with Crippen molar-refractivity contribution in [3.05, 3.63) is 35.8 Å². The molecule has 74 valence electrons. The van der Waals surface area contributed by atoms with E-state index in [0.29, 0.717) is 5.52 Å². The fraction of sp³-hybridized carbons (Fsp3) is 0.273. The highest BCUT2D eigenvalue weighted by molar-refractivity contribution is 5.80. The number of para-hydroxylation sites is 1. The Balaban J connectivity index is 2.46. The number of nitrogens with two attached hydrogens (primary N) is 1. The van der Waals surface area contributed by atoms with Crippen LogP contribution >= 0.6 is 0 Å². The van der Waals surface area contributed by atoms with Crippen LogP contribution < -0.4 is 5.73 Å². The Morgan fingerprint density at radius 1 is 1.50 bits per heavy atom. The van der Waals surface area contributed by atoms with E-state index in [9.17, 15) is 4.39 Å². The van der Waals surface area contributed by atoms with E-state index in [2.05, 4.69) is 4.98 Å². The summed E-state index contributed by atoms with van der Waals surface area (Å²) in [6.45, 7) is 1.93. The van der Waals surface area contributed by atoms with Gasteiger partial charge in [0.15, 0.2) is 0 Å². The number of aromatic amines is 1. The molecule has 2 rings (SSSR count). The summed E-state index contributed by atoms with van der Waals surface area (Å²) in [5.74, 6) is -0.210. The van der Waals surface area contributed by atoms with Gasteiger partial charge in [0.2, 0.25) is 0 Å². The minimum Gasteiger partial charge on any atom is -0.356 e. The third-order valence-corrected chi connectivity index (χ3v) is 2.20. The Morgan fingerprint density at radius 2 is 2.29 bits per heavy atom. The number of H-pyrrole nitrogens is 1. The summed E-state index contributed by atoms with van der Waals surface area (Å²) in [5, 5.41) is 0.903. The molecule has 0 fully saturated rings. The van der Waals surface area contributed by atoms with Crippen molar-refractivity contribution >= 4 is 10.9 Å². The summed E-state index contributed by atoms with van der Waals surface area (Å²) in [7, 11) is 0. The molecule has 0 amide bonds. The highest BCUT2D eigenvalue weighted by atomic mass is 19.1. The Bertz CT molecular complexity index is 445. The second-order valence-corrected chi connectivity index (χ2v) is 3.68. The lowest BCUT2D eigenvalue weighted by Gasteiger charge is -2.00. The molecule has 2 aromatic rings. The summed E-state index contributed by atoms with van der Waals surface area (Å²) < 4.78 is 13.3. The van der Waals surface area contributed by atoms with Crippen LogP contribution in [0.4, 0.5) is 4.39 Å². The van der Waals surface area contributed by atoms with Crippen molar-refractivity contribution in [3.8, 4) is 0 Å². The maximum absolute atomic E-state index is 13.3. The quantitative estimate of drug-likeness (QED) is 0.752. The predicted octanol–water partition coefficient (Wildman–Crippen LogP) is 2.20. The zero-order valence-electron chi connectivity index (χ0n) is 8.05. The third-order valence-electron chi connectivity index (χ3n) is 2.20. The summed E-state index contributed by atoms with van der Waals surface area (Å²) in [4.78, 5) is 3.04. The molecule has 0 saturated heterocycles. The van der Waals surface area contributed by atoms with E-state index in [1.54, 1.807) is 6.07 Å². The molecular formula is C11H13FN2. The molecule has 14 heavy (non-hydrogen) atoms. The van der Waals surface area contributed by atoms with E-state index in [1.165, 1.54) is 6.07 Å². The monoisotopic (exact) mass is 192 g/mol. The van der Waals surface area contributed by atoms with Gasteiger partial charge in [0.25, 0.3) is 0 Å². The number of fused-ring (bicyclic) bond motifs is 1. The van der Waals surface area contributed by atoms with Crippen molar-refractivity contribution in [1.82, 2.24) is 4.98 Å². The molecule has 1 unspecified atom stereocenters. The van der Waals surface area contributed by atoms with Crippen molar-refractivity contribution in [3.63, 3.8) is 0 Å². The number of aromatic nitrogens is 1. The first-order valence-electron chi connectivity index (χ1n) is 4.68. The lowest BCUT2D eigenvalue weighted by Crippen LogP contribution is -2.17. The largest absolute Gasteiger partial charge is 0.356 e. The van der Waals surface area contributed by atoms with Crippen LogP contribution in [0.5, 0.6) is 0 Å².